The molecule has 1 N–H and O–H groups in total. The number of benzene rings is 1. The first-order valence-corrected chi connectivity index (χ1v) is 7.66. The van der Waals surface area contributed by atoms with E-state index < -0.39 is 12.0 Å². The third-order valence-corrected chi connectivity index (χ3v) is 4.86. The van der Waals surface area contributed by atoms with E-state index in [9.17, 15) is 14.7 Å². The van der Waals surface area contributed by atoms with Crippen LogP contribution in [0.15, 0.2) is 29.2 Å². The summed E-state index contributed by atoms with van der Waals surface area (Å²) in [6.45, 7) is 5.61. The van der Waals surface area contributed by atoms with Crippen molar-refractivity contribution in [1.29, 1.82) is 0 Å². The second-order valence-corrected chi connectivity index (χ2v) is 6.46. The average molecular weight is 293 g/mol. The Morgan fingerprint density at radius 3 is 2.60 bits per heavy atom. The molecular weight excluding hydrogens is 274 g/mol. The predicted octanol–water partition coefficient (Wildman–Crippen LogP) is 3.01. The Balaban J connectivity index is 2.53. The van der Waals surface area contributed by atoms with Gasteiger partial charge in [0.25, 0.3) is 0 Å². The zero-order chi connectivity index (χ0) is 14.9. The molecule has 2 rings (SSSR count). The van der Waals surface area contributed by atoms with Crippen LogP contribution in [0.1, 0.15) is 27.2 Å². The number of carbonyl (C=O) groups excluding carboxylic acids is 1. The van der Waals surface area contributed by atoms with Crippen LogP contribution in [0.4, 0.5) is 5.69 Å². The van der Waals surface area contributed by atoms with Crippen LogP contribution in [0.3, 0.4) is 0 Å². The molecule has 0 saturated heterocycles. The van der Waals surface area contributed by atoms with Crippen LogP contribution in [0.25, 0.3) is 0 Å². The van der Waals surface area contributed by atoms with Crippen LogP contribution in [0.2, 0.25) is 0 Å². The van der Waals surface area contributed by atoms with Gasteiger partial charge in [-0.05, 0) is 24.5 Å². The number of fused-ring (bicyclic) bond motifs is 1. The molecule has 5 heteroatoms. The highest BCUT2D eigenvalue weighted by Gasteiger charge is 2.40. The van der Waals surface area contributed by atoms with Crippen molar-refractivity contribution in [2.75, 3.05) is 4.90 Å². The SMILES string of the molecule is CCC1Sc2ccccc2N(C(C(=O)O)C(C)C)C1=O. The molecule has 108 valence electrons. The summed E-state index contributed by atoms with van der Waals surface area (Å²) in [6, 6.07) is 6.70. The van der Waals surface area contributed by atoms with Gasteiger partial charge in [-0.2, -0.15) is 0 Å². The molecule has 1 aliphatic rings. The minimum absolute atomic E-state index is 0.0997. The number of nitrogens with zero attached hydrogens (tertiary/aromatic N) is 1. The topological polar surface area (TPSA) is 57.6 Å². The lowest BCUT2D eigenvalue weighted by molar-refractivity contribution is -0.141. The lowest BCUT2D eigenvalue weighted by Gasteiger charge is -2.38. The summed E-state index contributed by atoms with van der Waals surface area (Å²) in [4.78, 5) is 26.7. The molecule has 0 aliphatic carbocycles. The van der Waals surface area contributed by atoms with Crippen LogP contribution >= 0.6 is 11.8 Å². The van der Waals surface area contributed by atoms with Gasteiger partial charge in [0.1, 0.15) is 6.04 Å². The van der Waals surface area contributed by atoms with Crippen molar-refractivity contribution >= 4 is 29.3 Å². The molecule has 4 nitrogen and oxygen atoms in total. The number of anilines is 1. The maximum Gasteiger partial charge on any atom is 0.327 e. The molecule has 0 spiro atoms. The number of amides is 1. The number of hydrogen-bond donors (Lipinski definition) is 1. The number of carboxylic acids is 1. The van der Waals surface area contributed by atoms with Crippen LogP contribution in [-0.4, -0.2) is 28.3 Å². The summed E-state index contributed by atoms with van der Waals surface area (Å²) in [5.41, 5.74) is 0.716. The van der Waals surface area contributed by atoms with Crippen molar-refractivity contribution < 1.29 is 14.7 Å². The highest BCUT2D eigenvalue weighted by Crippen LogP contribution is 2.41. The number of rotatable bonds is 4. The highest BCUT2D eigenvalue weighted by atomic mass is 32.2. The summed E-state index contributed by atoms with van der Waals surface area (Å²) in [5.74, 6) is -1.20. The highest BCUT2D eigenvalue weighted by molar-refractivity contribution is 8.01. The summed E-state index contributed by atoms with van der Waals surface area (Å²) in [6.07, 6.45) is 0.693. The van der Waals surface area contributed by atoms with Crippen LogP contribution in [0.5, 0.6) is 0 Å². The molecule has 0 radical (unpaired) electrons. The van der Waals surface area contributed by atoms with E-state index in [2.05, 4.69) is 0 Å². The van der Waals surface area contributed by atoms with Gasteiger partial charge in [-0.1, -0.05) is 32.9 Å². The summed E-state index contributed by atoms with van der Waals surface area (Å²) in [5, 5.41) is 9.29. The van der Waals surface area contributed by atoms with Crippen molar-refractivity contribution in [2.45, 2.75) is 43.4 Å². The number of thioether (sulfide) groups is 1. The van der Waals surface area contributed by atoms with Crippen molar-refractivity contribution in [1.82, 2.24) is 0 Å². The maximum atomic E-state index is 12.6. The molecular formula is C15H19NO3S. The van der Waals surface area contributed by atoms with E-state index in [4.69, 9.17) is 0 Å². The van der Waals surface area contributed by atoms with Gasteiger partial charge < -0.3 is 5.11 Å². The van der Waals surface area contributed by atoms with Crippen molar-refractivity contribution in [3.8, 4) is 0 Å². The van der Waals surface area contributed by atoms with Gasteiger partial charge in [0.05, 0.1) is 10.9 Å². The second-order valence-electron chi connectivity index (χ2n) is 5.22. The van der Waals surface area contributed by atoms with E-state index in [1.165, 1.54) is 16.7 Å². The summed E-state index contributed by atoms with van der Waals surface area (Å²) < 4.78 is 0. The van der Waals surface area contributed by atoms with E-state index in [0.717, 1.165) is 4.90 Å². The first kappa shape index (κ1) is 14.9. The summed E-state index contributed by atoms with van der Waals surface area (Å²) in [7, 11) is 0. The fourth-order valence-electron chi connectivity index (χ4n) is 2.47. The number of carbonyl (C=O) groups is 2. The average Bonchev–Trinajstić information content (AvgIpc) is 2.40. The summed E-state index contributed by atoms with van der Waals surface area (Å²) >= 11 is 1.53. The number of aliphatic carboxylic acids is 1. The third kappa shape index (κ3) is 2.54. The molecule has 20 heavy (non-hydrogen) atoms. The van der Waals surface area contributed by atoms with Gasteiger partial charge in [0.15, 0.2) is 0 Å². The minimum atomic E-state index is -0.954. The Bertz CT molecular complexity index is 530. The first-order chi connectivity index (χ1) is 9.47. The molecule has 0 bridgehead atoms. The Morgan fingerprint density at radius 1 is 1.40 bits per heavy atom. The molecule has 0 aromatic heterocycles. The molecule has 1 aliphatic heterocycles. The number of hydrogen-bond acceptors (Lipinski definition) is 3. The monoisotopic (exact) mass is 293 g/mol. The number of carboxylic acid groups (broad SMARTS) is 1. The van der Waals surface area contributed by atoms with E-state index in [0.29, 0.717) is 12.1 Å². The maximum absolute atomic E-state index is 12.6. The van der Waals surface area contributed by atoms with Crippen LogP contribution in [0, 0.1) is 5.92 Å². The molecule has 2 atom stereocenters. The fraction of sp³-hybridized carbons (Fsp3) is 0.467. The van der Waals surface area contributed by atoms with Gasteiger partial charge in [-0.15, -0.1) is 11.8 Å². The molecule has 0 fully saturated rings. The van der Waals surface area contributed by atoms with E-state index in [1.54, 1.807) is 0 Å². The Hall–Kier alpha value is -1.49. The van der Waals surface area contributed by atoms with E-state index in [-0.39, 0.29) is 17.1 Å². The number of para-hydroxylation sites is 1. The lowest BCUT2D eigenvalue weighted by Crippen LogP contribution is -2.52. The van der Waals surface area contributed by atoms with Crippen molar-refractivity contribution in [3.63, 3.8) is 0 Å². The molecule has 1 aromatic rings. The predicted molar refractivity (Wildman–Crippen MR) is 80.1 cm³/mol. The van der Waals surface area contributed by atoms with Gasteiger partial charge in [-0.25, -0.2) is 4.79 Å². The Kier molecular flexibility index (Phi) is 4.38. The standard InChI is InChI=1S/C15H19NO3S/c1-4-11-14(17)16(13(9(2)3)15(18)19)10-7-5-6-8-12(10)20-11/h5-9,11,13H,4H2,1-3H3,(H,18,19). The van der Waals surface area contributed by atoms with Crippen LogP contribution < -0.4 is 4.90 Å². The van der Waals surface area contributed by atoms with Gasteiger partial charge in [0.2, 0.25) is 5.91 Å². The zero-order valence-corrected chi connectivity index (χ0v) is 12.7. The van der Waals surface area contributed by atoms with Crippen molar-refractivity contribution in [3.05, 3.63) is 24.3 Å². The van der Waals surface area contributed by atoms with Crippen LogP contribution in [-0.2, 0) is 9.59 Å². The largest absolute Gasteiger partial charge is 0.480 e. The second kappa shape index (κ2) is 5.87. The zero-order valence-electron chi connectivity index (χ0n) is 11.9. The van der Waals surface area contributed by atoms with Gasteiger partial charge in [-0.3, -0.25) is 9.69 Å². The van der Waals surface area contributed by atoms with E-state index in [1.807, 2.05) is 45.0 Å². The van der Waals surface area contributed by atoms with Gasteiger partial charge >= 0.3 is 5.97 Å². The molecule has 1 amide bonds. The lowest BCUT2D eigenvalue weighted by atomic mass is 10.0. The Labute approximate surface area is 123 Å². The normalized spacial score (nSPS) is 19.9. The van der Waals surface area contributed by atoms with Gasteiger partial charge in [0, 0.05) is 4.90 Å². The first-order valence-electron chi connectivity index (χ1n) is 6.79. The minimum Gasteiger partial charge on any atom is -0.480 e. The Morgan fingerprint density at radius 2 is 2.05 bits per heavy atom. The quantitative estimate of drug-likeness (QED) is 0.927. The van der Waals surface area contributed by atoms with Crippen molar-refractivity contribution in [2.24, 2.45) is 5.92 Å². The molecule has 2 unspecified atom stereocenters. The van der Waals surface area contributed by atoms with E-state index >= 15 is 0 Å². The molecule has 1 aromatic carbocycles. The third-order valence-electron chi connectivity index (χ3n) is 3.44. The fourth-order valence-corrected chi connectivity index (χ4v) is 3.60. The smallest absolute Gasteiger partial charge is 0.327 e. The molecule has 1 heterocycles. The molecule has 0 saturated carbocycles.